The highest BCUT2D eigenvalue weighted by atomic mass is 16.5. The Kier molecular flexibility index (Phi) is 2.49. The Balaban J connectivity index is 2.36. The molecule has 1 aliphatic carbocycles. The fourth-order valence-electron chi connectivity index (χ4n) is 3.10. The first-order valence-electron chi connectivity index (χ1n) is 6.27. The summed E-state index contributed by atoms with van der Waals surface area (Å²) in [6.07, 6.45) is 0. The van der Waals surface area contributed by atoms with Crippen LogP contribution in [-0.4, -0.2) is 23.4 Å². The molecule has 2 aromatic rings. The molecule has 0 saturated heterocycles. The van der Waals surface area contributed by atoms with E-state index in [1.54, 1.807) is 6.92 Å². The second kappa shape index (κ2) is 3.95. The lowest BCUT2D eigenvalue weighted by Gasteiger charge is -2.13. The molecule has 1 unspecified atom stereocenters. The molecule has 1 aromatic heterocycles. The number of aryl methyl sites for hydroxylation is 1. The largest absolute Gasteiger partial charge is 0.469 e. The fraction of sp³-hybridized carbons (Fsp3) is 0.333. The third-order valence-corrected chi connectivity index (χ3v) is 4.06. The number of benzene rings is 1. The number of nitrogens with zero attached hydrogens (tertiary/aromatic N) is 1. The first kappa shape index (κ1) is 12.0. The zero-order valence-electron chi connectivity index (χ0n) is 11.1. The molecule has 98 valence electrons. The maximum Gasteiger partial charge on any atom is 0.313 e. The Labute approximate surface area is 111 Å². The average Bonchev–Trinajstić information content (AvgIpc) is 2.86. The monoisotopic (exact) mass is 257 g/mol. The molecule has 4 heteroatoms. The molecule has 2 atom stereocenters. The Hall–Kier alpha value is -2.10. The number of hydrogen-bond donors (Lipinski definition) is 0. The molecular formula is C15H15NO3. The predicted octanol–water partition coefficient (Wildman–Crippen LogP) is 2.27. The van der Waals surface area contributed by atoms with E-state index in [0.29, 0.717) is 5.69 Å². The lowest BCUT2D eigenvalue weighted by atomic mass is 9.92. The van der Waals surface area contributed by atoms with E-state index in [1.165, 1.54) is 7.11 Å². The lowest BCUT2D eigenvalue weighted by Crippen LogP contribution is -2.20. The smallest absolute Gasteiger partial charge is 0.313 e. The number of carbonyl (C=O) groups excluding carboxylic acids is 2. The summed E-state index contributed by atoms with van der Waals surface area (Å²) in [5, 5.41) is 0.966. The van der Waals surface area contributed by atoms with Crippen molar-refractivity contribution in [1.29, 1.82) is 0 Å². The van der Waals surface area contributed by atoms with Gasteiger partial charge in [-0.15, -0.1) is 0 Å². The van der Waals surface area contributed by atoms with Crippen molar-refractivity contribution in [2.24, 2.45) is 13.0 Å². The van der Waals surface area contributed by atoms with Gasteiger partial charge in [0, 0.05) is 29.4 Å². The van der Waals surface area contributed by atoms with Crippen LogP contribution in [0.3, 0.4) is 0 Å². The minimum atomic E-state index is -0.487. The number of aromatic nitrogens is 1. The van der Waals surface area contributed by atoms with E-state index in [-0.39, 0.29) is 17.7 Å². The van der Waals surface area contributed by atoms with Crippen molar-refractivity contribution < 1.29 is 14.3 Å². The fourth-order valence-corrected chi connectivity index (χ4v) is 3.10. The van der Waals surface area contributed by atoms with E-state index in [4.69, 9.17) is 4.74 Å². The maximum absolute atomic E-state index is 12.4. The van der Waals surface area contributed by atoms with Crippen molar-refractivity contribution in [3.05, 3.63) is 35.5 Å². The number of para-hydroxylation sites is 1. The van der Waals surface area contributed by atoms with Crippen LogP contribution in [0.25, 0.3) is 10.9 Å². The zero-order chi connectivity index (χ0) is 13.7. The molecule has 19 heavy (non-hydrogen) atoms. The number of fused-ring (bicyclic) bond motifs is 3. The molecular weight excluding hydrogens is 242 g/mol. The molecule has 0 aliphatic heterocycles. The Morgan fingerprint density at radius 1 is 1.32 bits per heavy atom. The summed E-state index contributed by atoms with van der Waals surface area (Å²) in [4.78, 5) is 24.4. The Morgan fingerprint density at radius 3 is 2.68 bits per heavy atom. The van der Waals surface area contributed by atoms with Crippen LogP contribution in [-0.2, 0) is 16.6 Å². The normalized spacial score (nSPS) is 21.7. The van der Waals surface area contributed by atoms with Crippen molar-refractivity contribution in [3.63, 3.8) is 0 Å². The molecule has 4 nitrogen and oxygen atoms in total. The summed E-state index contributed by atoms with van der Waals surface area (Å²) < 4.78 is 6.75. The molecule has 0 bridgehead atoms. The van der Waals surface area contributed by atoms with Crippen molar-refractivity contribution >= 4 is 22.7 Å². The van der Waals surface area contributed by atoms with E-state index >= 15 is 0 Å². The molecule has 0 saturated carbocycles. The third-order valence-electron chi connectivity index (χ3n) is 4.06. The van der Waals surface area contributed by atoms with Gasteiger partial charge in [0.15, 0.2) is 5.78 Å². The first-order valence-corrected chi connectivity index (χ1v) is 6.27. The summed E-state index contributed by atoms with van der Waals surface area (Å²) in [5.41, 5.74) is 2.44. The molecule has 0 spiro atoms. The molecule has 1 aromatic carbocycles. The van der Waals surface area contributed by atoms with Crippen molar-refractivity contribution in [1.82, 2.24) is 4.57 Å². The van der Waals surface area contributed by atoms with Gasteiger partial charge in [-0.2, -0.15) is 0 Å². The predicted molar refractivity (Wildman–Crippen MR) is 71.2 cm³/mol. The number of methoxy groups -OCH3 is 1. The van der Waals surface area contributed by atoms with Crippen molar-refractivity contribution in [2.75, 3.05) is 7.11 Å². The summed E-state index contributed by atoms with van der Waals surface area (Å²) in [5.74, 6) is -1.16. The van der Waals surface area contributed by atoms with Crippen LogP contribution >= 0.6 is 0 Å². The average molecular weight is 257 g/mol. The lowest BCUT2D eigenvalue weighted by molar-refractivity contribution is -0.143. The SMILES string of the molecule is COC(=O)[C@@H]1c2c(n(C)c3ccccc23)C(=O)C1C. The van der Waals surface area contributed by atoms with Crippen molar-refractivity contribution in [2.45, 2.75) is 12.8 Å². The molecule has 0 N–H and O–H groups in total. The van der Waals surface area contributed by atoms with E-state index < -0.39 is 5.92 Å². The van der Waals surface area contributed by atoms with Crippen LogP contribution in [0, 0.1) is 5.92 Å². The second-order valence-corrected chi connectivity index (χ2v) is 4.99. The van der Waals surface area contributed by atoms with Gasteiger partial charge < -0.3 is 9.30 Å². The summed E-state index contributed by atoms with van der Waals surface area (Å²) in [6.45, 7) is 1.79. The van der Waals surface area contributed by atoms with Crippen LogP contribution in [0.1, 0.15) is 28.9 Å². The number of Topliss-reactive ketones (excluding diaryl/α,β-unsaturated/α-hetero) is 1. The van der Waals surface area contributed by atoms with Crippen LogP contribution in [0.4, 0.5) is 0 Å². The van der Waals surface area contributed by atoms with Gasteiger partial charge in [0.2, 0.25) is 0 Å². The number of carbonyl (C=O) groups is 2. The highest BCUT2D eigenvalue weighted by Gasteiger charge is 2.45. The summed E-state index contributed by atoms with van der Waals surface area (Å²) in [7, 11) is 3.23. The Morgan fingerprint density at radius 2 is 2.00 bits per heavy atom. The molecule has 1 aliphatic rings. The van der Waals surface area contributed by atoms with Gasteiger partial charge in [-0.05, 0) is 6.07 Å². The standard InChI is InChI=1S/C15H15NO3/c1-8-11(15(18)19-3)12-9-6-4-5-7-10(9)16(2)13(12)14(8)17/h4-8,11H,1-3H3/t8?,11-/m0/s1. The van der Waals surface area contributed by atoms with Gasteiger partial charge in [-0.25, -0.2) is 0 Å². The van der Waals surface area contributed by atoms with E-state index in [0.717, 1.165) is 16.5 Å². The van der Waals surface area contributed by atoms with Gasteiger partial charge in [0.25, 0.3) is 0 Å². The third kappa shape index (κ3) is 1.40. The summed E-state index contributed by atoms with van der Waals surface area (Å²) in [6, 6.07) is 7.76. The zero-order valence-corrected chi connectivity index (χ0v) is 11.1. The minimum absolute atomic E-state index is 0.0177. The van der Waals surface area contributed by atoms with E-state index in [9.17, 15) is 9.59 Å². The molecule has 0 fully saturated rings. The molecule has 0 amide bonds. The molecule has 3 rings (SSSR count). The van der Waals surface area contributed by atoms with Gasteiger partial charge in [-0.1, -0.05) is 25.1 Å². The second-order valence-electron chi connectivity index (χ2n) is 4.99. The maximum atomic E-state index is 12.4. The Bertz CT molecular complexity index is 699. The van der Waals surface area contributed by atoms with Crippen LogP contribution < -0.4 is 0 Å². The van der Waals surface area contributed by atoms with Gasteiger partial charge in [0.05, 0.1) is 18.7 Å². The van der Waals surface area contributed by atoms with Crippen molar-refractivity contribution in [3.8, 4) is 0 Å². The van der Waals surface area contributed by atoms with E-state index in [2.05, 4.69) is 0 Å². The first-order chi connectivity index (χ1) is 9.07. The number of rotatable bonds is 1. The number of ether oxygens (including phenoxy) is 1. The van der Waals surface area contributed by atoms with Crippen LogP contribution in [0.2, 0.25) is 0 Å². The summed E-state index contributed by atoms with van der Waals surface area (Å²) >= 11 is 0. The van der Waals surface area contributed by atoms with Gasteiger partial charge in [-0.3, -0.25) is 9.59 Å². The molecule has 0 radical (unpaired) electrons. The van der Waals surface area contributed by atoms with Crippen LogP contribution in [0.5, 0.6) is 0 Å². The topological polar surface area (TPSA) is 48.3 Å². The molecule has 1 heterocycles. The number of hydrogen-bond acceptors (Lipinski definition) is 3. The highest BCUT2D eigenvalue weighted by Crippen LogP contribution is 2.43. The van der Waals surface area contributed by atoms with Gasteiger partial charge in [0.1, 0.15) is 0 Å². The quantitative estimate of drug-likeness (QED) is 0.736. The number of ketones is 1. The van der Waals surface area contributed by atoms with Crippen LogP contribution in [0.15, 0.2) is 24.3 Å². The minimum Gasteiger partial charge on any atom is -0.469 e. The van der Waals surface area contributed by atoms with E-state index in [1.807, 2.05) is 35.9 Å². The number of esters is 1. The van der Waals surface area contributed by atoms with Gasteiger partial charge >= 0.3 is 5.97 Å². The highest BCUT2D eigenvalue weighted by molar-refractivity contribution is 6.12.